The molecule has 4 heterocycles. The van der Waals surface area contributed by atoms with Crippen LogP contribution in [0.25, 0.3) is 255 Å². The van der Waals surface area contributed by atoms with Gasteiger partial charge in [-0.05, 0) is 204 Å². The summed E-state index contributed by atoms with van der Waals surface area (Å²) in [5, 5.41) is 18.1. The van der Waals surface area contributed by atoms with Crippen LogP contribution in [0.4, 0.5) is 0 Å². The zero-order chi connectivity index (χ0) is 80.3. The van der Waals surface area contributed by atoms with E-state index >= 15 is 0 Å². The van der Waals surface area contributed by atoms with Crippen molar-refractivity contribution in [2.24, 2.45) is 0 Å². The van der Waals surface area contributed by atoms with Crippen LogP contribution in [0.5, 0.6) is 0 Å². The number of aromatic nitrogens is 6. The summed E-state index contributed by atoms with van der Waals surface area (Å²) in [5.41, 5.74) is 23.3. The first-order valence-electron chi connectivity index (χ1n) is 41.3. The van der Waals surface area contributed by atoms with Gasteiger partial charge in [-0.3, -0.25) is 0 Å². The fourth-order valence-electron chi connectivity index (χ4n) is 18.5. The molecule has 0 spiro atoms. The second kappa shape index (κ2) is 28.7. The molecule has 0 atom stereocenters. The Morgan fingerprint density at radius 3 is 0.770 bits per heavy atom. The highest BCUT2D eigenvalue weighted by Crippen LogP contribution is 2.49. The highest BCUT2D eigenvalue weighted by atomic mass is 16.3. The van der Waals surface area contributed by atoms with Gasteiger partial charge in [0.25, 0.3) is 0 Å². The van der Waals surface area contributed by atoms with E-state index in [1.54, 1.807) is 0 Å². The third-order valence-corrected chi connectivity index (χ3v) is 24.4. The summed E-state index contributed by atoms with van der Waals surface area (Å²) in [7, 11) is 0. The van der Waals surface area contributed by atoms with Gasteiger partial charge in [0, 0.05) is 66.1 Å². The minimum Gasteiger partial charge on any atom is -0.456 e. The molecule has 566 valence electrons. The molecule has 0 unspecified atom stereocenters. The molecule has 24 aromatic rings. The molecule has 20 aromatic carbocycles. The van der Waals surface area contributed by atoms with Crippen LogP contribution in [0.1, 0.15) is 0 Å². The van der Waals surface area contributed by atoms with Crippen molar-refractivity contribution >= 4 is 109 Å². The molecule has 0 amide bonds. The molecular weight excluding hydrogens is 1490 g/mol. The maximum atomic E-state index is 6.78. The molecule has 0 aliphatic heterocycles. The van der Waals surface area contributed by atoms with E-state index in [9.17, 15) is 0 Å². The van der Waals surface area contributed by atoms with Crippen molar-refractivity contribution < 1.29 is 8.83 Å². The molecule has 0 N–H and O–H groups in total. The lowest BCUT2D eigenvalue weighted by Crippen LogP contribution is -2.01. The molecule has 0 bridgehead atoms. The molecule has 0 saturated heterocycles. The van der Waals surface area contributed by atoms with Gasteiger partial charge in [0.05, 0.1) is 0 Å². The summed E-state index contributed by atoms with van der Waals surface area (Å²) in [4.78, 5) is 32.8. The molecular formula is C114H68N6O2. The van der Waals surface area contributed by atoms with Gasteiger partial charge in [-0.1, -0.05) is 340 Å². The number of hydrogen-bond donors (Lipinski definition) is 0. The summed E-state index contributed by atoms with van der Waals surface area (Å²) in [6, 6.07) is 147. The Kier molecular flexibility index (Phi) is 16.5. The Morgan fingerprint density at radius 1 is 0.131 bits per heavy atom. The number of hydrogen-bond acceptors (Lipinski definition) is 8. The molecule has 24 rings (SSSR count). The van der Waals surface area contributed by atoms with E-state index in [1.807, 2.05) is 42.5 Å². The Hall–Kier alpha value is -16.4. The second-order valence-electron chi connectivity index (χ2n) is 31.4. The zero-order valence-corrected chi connectivity index (χ0v) is 65.8. The molecule has 8 heteroatoms. The number of nitrogens with zero attached hydrogens (tertiary/aromatic N) is 6. The monoisotopic (exact) mass is 1550 g/mol. The molecule has 0 radical (unpaired) electrons. The van der Waals surface area contributed by atoms with Gasteiger partial charge in [-0.25, -0.2) is 29.9 Å². The smallest absolute Gasteiger partial charge is 0.164 e. The van der Waals surface area contributed by atoms with Crippen molar-refractivity contribution in [2.75, 3.05) is 0 Å². The fourth-order valence-corrected chi connectivity index (χ4v) is 18.5. The van der Waals surface area contributed by atoms with Gasteiger partial charge in [-0.2, -0.15) is 0 Å². The highest BCUT2D eigenvalue weighted by molar-refractivity contribution is 6.29. The van der Waals surface area contributed by atoms with Crippen LogP contribution in [0.3, 0.4) is 0 Å². The minimum atomic E-state index is 0.547. The van der Waals surface area contributed by atoms with Crippen LogP contribution in [0.15, 0.2) is 421 Å². The fraction of sp³-hybridized carbons (Fsp3) is 0. The number of para-hydroxylation sites is 2. The Morgan fingerprint density at radius 2 is 0.369 bits per heavy atom. The molecule has 4 aromatic heterocycles. The van der Waals surface area contributed by atoms with Gasteiger partial charge in [-0.15, -0.1) is 0 Å². The SMILES string of the molecule is c1ccc(-c2ccc(-c3nc(-c4ccc(-c5cccc(-c6ccc7c(c6)c6ccccc6c6ccc(-c8c(-c9nc(-c%10cccc(-c%11ccccc%11)c%10)nc(-c%10cccc(-c%11ccccc%11)c%10)n9)ccc9oc%10ccccc%10c89)cc67)c5)cc4)nc(-c4ccc5oc6ccccc6c5c4-c4ccc5c6ccccc6c6ccccc6c5c4)n3)cc2)cc1. The highest BCUT2D eigenvalue weighted by Gasteiger charge is 2.27. The molecule has 122 heavy (non-hydrogen) atoms. The summed E-state index contributed by atoms with van der Waals surface area (Å²) in [6.07, 6.45) is 0. The van der Waals surface area contributed by atoms with Crippen molar-refractivity contribution in [3.63, 3.8) is 0 Å². The summed E-state index contributed by atoms with van der Waals surface area (Å²) < 4.78 is 13.5. The lowest BCUT2D eigenvalue weighted by molar-refractivity contribution is 0.668. The van der Waals surface area contributed by atoms with Crippen molar-refractivity contribution in [3.05, 3.63) is 413 Å². The van der Waals surface area contributed by atoms with Crippen LogP contribution < -0.4 is 0 Å². The predicted molar refractivity (Wildman–Crippen MR) is 503 cm³/mol. The van der Waals surface area contributed by atoms with Crippen LogP contribution in [-0.4, -0.2) is 29.9 Å². The molecule has 8 nitrogen and oxygen atoms in total. The van der Waals surface area contributed by atoms with Gasteiger partial charge in [0.1, 0.15) is 22.3 Å². The minimum absolute atomic E-state index is 0.547. The van der Waals surface area contributed by atoms with E-state index in [1.165, 1.54) is 43.1 Å². The lowest BCUT2D eigenvalue weighted by atomic mass is 9.88. The Labute approximate surface area is 701 Å². The average molecular weight is 1550 g/mol. The maximum absolute atomic E-state index is 6.78. The summed E-state index contributed by atoms with van der Waals surface area (Å²) in [5.74, 6) is 3.35. The first-order valence-corrected chi connectivity index (χ1v) is 41.3. The van der Waals surface area contributed by atoms with E-state index in [2.05, 4.69) is 370 Å². The van der Waals surface area contributed by atoms with E-state index in [4.69, 9.17) is 38.7 Å². The van der Waals surface area contributed by atoms with Gasteiger partial charge in [0.2, 0.25) is 0 Å². The summed E-state index contributed by atoms with van der Waals surface area (Å²) >= 11 is 0. The average Bonchev–Trinajstić information content (AvgIpc) is 0.868. The van der Waals surface area contributed by atoms with Crippen LogP contribution in [0, 0.1) is 0 Å². The number of furan rings is 2. The third-order valence-electron chi connectivity index (χ3n) is 24.4. The van der Waals surface area contributed by atoms with E-state index in [-0.39, 0.29) is 0 Å². The quantitative estimate of drug-likeness (QED) is 0.105. The van der Waals surface area contributed by atoms with Gasteiger partial charge in [0.15, 0.2) is 34.9 Å². The molecule has 0 aliphatic carbocycles. The first kappa shape index (κ1) is 69.8. The van der Waals surface area contributed by atoms with Gasteiger partial charge >= 0.3 is 0 Å². The molecule has 0 fully saturated rings. The summed E-state index contributed by atoms with van der Waals surface area (Å²) in [6.45, 7) is 0. The number of rotatable bonds is 13. The van der Waals surface area contributed by atoms with Crippen molar-refractivity contribution in [3.8, 4) is 146 Å². The normalized spacial score (nSPS) is 11.8. The Bertz CT molecular complexity index is 8230. The van der Waals surface area contributed by atoms with Crippen LogP contribution in [0.2, 0.25) is 0 Å². The van der Waals surface area contributed by atoms with Crippen molar-refractivity contribution in [2.45, 2.75) is 0 Å². The lowest BCUT2D eigenvalue weighted by Gasteiger charge is -2.16. The topological polar surface area (TPSA) is 104 Å². The van der Waals surface area contributed by atoms with E-state index in [0.29, 0.717) is 34.9 Å². The molecule has 0 aliphatic rings. The third kappa shape index (κ3) is 12.0. The zero-order valence-electron chi connectivity index (χ0n) is 65.8. The van der Waals surface area contributed by atoms with Crippen molar-refractivity contribution in [1.82, 2.24) is 29.9 Å². The standard InChI is InChI=1S/C114H68N6O2/c1-4-23-69(24-5-1)72-45-49-74(50-46-72)109-115-110(118-113(117-109)96-59-61-103-107(94-41-16-18-43-101(94)121-103)105(96)81-54-57-91-87-37-11-10-35-85(87)86-36-12-14-39-89(86)99(91)67-81)75-51-47-73(48-52-75)76-29-20-32-79(63-76)80-53-56-93-98(66-80)90-40-15-13-38-88(90)92-58-55-82(68-100(92)93)106-97(60-62-104-108(106)95-42-17-19-44-102(95)122-104)114-119-111(83-33-21-30-77(64-83)70-25-6-2-7-26-70)116-112(120-114)84-34-22-31-78(65-84)71-27-8-3-9-28-71/h1-68H. The molecule has 0 saturated carbocycles. The second-order valence-corrected chi connectivity index (χ2v) is 31.4. The Balaban J connectivity index is 0.622. The maximum Gasteiger partial charge on any atom is 0.164 e. The predicted octanol–water partition coefficient (Wildman–Crippen LogP) is 30.4. The van der Waals surface area contributed by atoms with E-state index < -0.39 is 0 Å². The van der Waals surface area contributed by atoms with Gasteiger partial charge < -0.3 is 8.83 Å². The first-order chi connectivity index (χ1) is 60.4. The number of fused-ring (bicyclic) bond motifs is 18. The van der Waals surface area contributed by atoms with E-state index in [0.717, 1.165) is 177 Å². The van der Waals surface area contributed by atoms with Crippen molar-refractivity contribution in [1.29, 1.82) is 0 Å². The number of benzene rings is 20. The van der Waals surface area contributed by atoms with Crippen LogP contribution >= 0.6 is 0 Å². The van der Waals surface area contributed by atoms with Crippen LogP contribution in [-0.2, 0) is 0 Å². The largest absolute Gasteiger partial charge is 0.456 e.